The van der Waals surface area contributed by atoms with E-state index in [1.54, 1.807) is 19.1 Å². The summed E-state index contributed by atoms with van der Waals surface area (Å²) in [5, 5.41) is 5.58. The third-order valence-corrected chi connectivity index (χ3v) is 5.26. The lowest BCUT2D eigenvalue weighted by molar-refractivity contribution is -0.121. The van der Waals surface area contributed by atoms with Crippen molar-refractivity contribution in [3.05, 3.63) is 59.9 Å². The molecule has 6 nitrogen and oxygen atoms in total. The summed E-state index contributed by atoms with van der Waals surface area (Å²) in [6.45, 7) is -0.0841. The molecule has 3 rings (SSSR count). The highest BCUT2D eigenvalue weighted by Gasteiger charge is 2.28. The van der Waals surface area contributed by atoms with E-state index in [1.807, 2.05) is 4.90 Å². The quantitative estimate of drug-likeness (QED) is 0.697. The van der Waals surface area contributed by atoms with Crippen molar-refractivity contribution in [2.45, 2.75) is 38.5 Å². The van der Waals surface area contributed by atoms with E-state index in [0.29, 0.717) is 31.5 Å². The number of rotatable bonds is 7. The molecule has 2 aromatic carbocycles. The van der Waals surface area contributed by atoms with E-state index in [2.05, 4.69) is 15.4 Å². The maximum Gasteiger partial charge on any atom is 0.387 e. The Morgan fingerprint density at radius 2 is 1.71 bits per heavy atom. The predicted octanol–water partition coefficient (Wildman–Crippen LogP) is 3.65. The van der Waals surface area contributed by atoms with Crippen LogP contribution in [0.4, 0.5) is 18.9 Å². The average Bonchev–Trinajstić information content (AvgIpc) is 2.75. The van der Waals surface area contributed by atoms with Crippen LogP contribution in [0.3, 0.4) is 0 Å². The summed E-state index contributed by atoms with van der Waals surface area (Å²) in [6, 6.07) is 10.8. The molecule has 1 fully saturated rings. The van der Waals surface area contributed by atoms with Crippen LogP contribution >= 0.6 is 0 Å². The molecule has 1 saturated heterocycles. The Morgan fingerprint density at radius 1 is 1.06 bits per heavy atom. The Morgan fingerprint density at radius 3 is 2.35 bits per heavy atom. The number of alkyl halides is 2. The zero-order valence-electron chi connectivity index (χ0n) is 17.0. The summed E-state index contributed by atoms with van der Waals surface area (Å²) in [5.74, 6) is -1.10. The van der Waals surface area contributed by atoms with E-state index in [4.69, 9.17) is 0 Å². The number of nitrogens with one attached hydrogen (secondary N) is 2. The van der Waals surface area contributed by atoms with Crippen LogP contribution in [0.25, 0.3) is 0 Å². The highest BCUT2D eigenvalue weighted by molar-refractivity contribution is 5.96. The lowest BCUT2D eigenvalue weighted by Gasteiger charge is -2.35. The van der Waals surface area contributed by atoms with Crippen molar-refractivity contribution >= 4 is 17.5 Å². The number of hydrogen-bond donors (Lipinski definition) is 2. The van der Waals surface area contributed by atoms with Gasteiger partial charge in [0.1, 0.15) is 11.6 Å². The minimum absolute atomic E-state index is 0.0516. The van der Waals surface area contributed by atoms with Crippen LogP contribution in [0.2, 0.25) is 0 Å². The van der Waals surface area contributed by atoms with Gasteiger partial charge in [0.2, 0.25) is 5.91 Å². The molecule has 166 valence electrons. The van der Waals surface area contributed by atoms with Crippen molar-refractivity contribution in [2.24, 2.45) is 0 Å². The molecule has 1 unspecified atom stereocenters. The van der Waals surface area contributed by atoms with Crippen LogP contribution in [-0.4, -0.2) is 48.5 Å². The average molecular weight is 435 g/mol. The van der Waals surface area contributed by atoms with E-state index in [9.17, 15) is 22.8 Å². The Balaban J connectivity index is 1.50. The second-order valence-electron chi connectivity index (χ2n) is 7.33. The third-order valence-electron chi connectivity index (χ3n) is 5.26. The molecule has 31 heavy (non-hydrogen) atoms. The van der Waals surface area contributed by atoms with Gasteiger partial charge >= 0.3 is 6.61 Å². The molecular formula is C22H24F3N3O3. The number of ether oxygens (including phenoxy) is 1. The number of carbonyl (C=O) groups excluding carboxylic acids is 2. The molecule has 2 amide bonds. The molecule has 0 spiro atoms. The molecule has 0 aromatic heterocycles. The maximum absolute atomic E-state index is 13.0. The summed E-state index contributed by atoms with van der Waals surface area (Å²) in [6.07, 6.45) is 1.30. The number of anilines is 1. The van der Waals surface area contributed by atoms with Crippen LogP contribution in [-0.2, 0) is 4.79 Å². The van der Waals surface area contributed by atoms with Crippen molar-refractivity contribution in [1.29, 1.82) is 0 Å². The number of piperidine rings is 1. The van der Waals surface area contributed by atoms with Gasteiger partial charge in [-0.1, -0.05) is 12.1 Å². The standard InChI is InChI=1S/C22H24F3N3O3/c1-14(20(29)27-18-4-2-3-5-19(18)31-22(24)25)28-12-10-17(11-13-28)26-21(30)15-6-8-16(23)9-7-15/h2-9,14,17,22H,10-13H2,1H3,(H,26,30)(H,27,29). The lowest BCUT2D eigenvalue weighted by atomic mass is 10.0. The van der Waals surface area contributed by atoms with E-state index < -0.39 is 18.5 Å². The number of para-hydroxylation sites is 2. The minimum Gasteiger partial charge on any atom is -0.433 e. The second-order valence-corrected chi connectivity index (χ2v) is 7.33. The first-order valence-corrected chi connectivity index (χ1v) is 9.98. The number of benzene rings is 2. The first kappa shape index (κ1) is 22.6. The molecule has 2 aromatic rings. The highest BCUT2D eigenvalue weighted by Crippen LogP contribution is 2.26. The molecule has 1 heterocycles. The molecule has 2 N–H and O–H groups in total. The third kappa shape index (κ3) is 6.21. The van der Waals surface area contributed by atoms with Gasteiger partial charge in [-0.05, 0) is 56.2 Å². The SMILES string of the molecule is CC(C(=O)Nc1ccccc1OC(F)F)N1CCC(NC(=O)c2ccc(F)cc2)CC1. The van der Waals surface area contributed by atoms with Gasteiger partial charge in [0, 0.05) is 24.7 Å². The van der Waals surface area contributed by atoms with E-state index in [1.165, 1.54) is 36.4 Å². The van der Waals surface area contributed by atoms with E-state index in [-0.39, 0.29) is 29.3 Å². The minimum atomic E-state index is -2.99. The first-order chi connectivity index (χ1) is 14.8. The van der Waals surface area contributed by atoms with Crippen molar-refractivity contribution in [1.82, 2.24) is 10.2 Å². The first-order valence-electron chi connectivity index (χ1n) is 9.98. The fraction of sp³-hybridized carbons (Fsp3) is 0.364. The zero-order chi connectivity index (χ0) is 22.4. The second kappa shape index (κ2) is 10.3. The normalized spacial score (nSPS) is 16.0. The smallest absolute Gasteiger partial charge is 0.387 e. The monoisotopic (exact) mass is 435 g/mol. The van der Waals surface area contributed by atoms with Crippen LogP contribution < -0.4 is 15.4 Å². The Kier molecular flexibility index (Phi) is 7.51. The van der Waals surface area contributed by atoms with Crippen LogP contribution in [0, 0.1) is 5.82 Å². The molecule has 1 atom stereocenters. The molecule has 0 aliphatic carbocycles. The van der Waals surface area contributed by atoms with E-state index in [0.717, 1.165) is 0 Å². The van der Waals surface area contributed by atoms with Crippen molar-refractivity contribution in [3.8, 4) is 5.75 Å². The topological polar surface area (TPSA) is 70.7 Å². The Hall–Kier alpha value is -3.07. The van der Waals surface area contributed by atoms with Gasteiger partial charge in [0.15, 0.2) is 0 Å². The van der Waals surface area contributed by atoms with Crippen LogP contribution in [0.1, 0.15) is 30.1 Å². The predicted molar refractivity (Wildman–Crippen MR) is 110 cm³/mol. The number of carbonyl (C=O) groups is 2. The number of likely N-dealkylation sites (tertiary alicyclic amines) is 1. The van der Waals surface area contributed by atoms with Gasteiger partial charge in [0.25, 0.3) is 5.91 Å². The molecule has 1 aliphatic rings. The fourth-order valence-corrected chi connectivity index (χ4v) is 3.47. The van der Waals surface area contributed by atoms with Gasteiger partial charge < -0.3 is 15.4 Å². The van der Waals surface area contributed by atoms with E-state index >= 15 is 0 Å². The number of hydrogen-bond acceptors (Lipinski definition) is 4. The van der Waals surface area contributed by atoms with Gasteiger partial charge in [-0.3, -0.25) is 14.5 Å². The number of nitrogens with zero attached hydrogens (tertiary/aromatic N) is 1. The molecule has 0 bridgehead atoms. The molecule has 1 aliphatic heterocycles. The molecule has 0 saturated carbocycles. The van der Waals surface area contributed by atoms with Gasteiger partial charge in [-0.15, -0.1) is 0 Å². The van der Waals surface area contributed by atoms with Gasteiger partial charge in [0.05, 0.1) is 11.7 Å². The Labute approximate surface area is 178 Å². The molecular weight excluding hydrogens is 411 g/mol. The summed E-state index contributed by atoms with van der Waals surface area (Å²) >= 11 is 0. The number of amides is 2. The van der Waals surface area contributed by atoms with Gasteiger partial charge in [-0.2, -0.15) is 8.78 Å². The van der Waals surface area contributed by atoms with Gasteiger partial charge in [-0.25, -0.2) is 4.39 Å². The van der Waals surface area contributed by atoms with Crippen LogP contribution in [0.15, 0.2) is 48.5 Å². The van der Waals surface area contributed by atoms with Crippen molar-refractivity contribution in [3.63, 3.8) is 0 Å². The summed E-state index contributed by atoms with van der Waals surface area (Å²) in [7, 11) is 0. The lowest BCUT2D eigenvalue weighted by Crippen LogP contribution is -2.50. The highest BCUT2D eigenvalue weighted by atomic mass is 19.3. The van der Waals surface area contributed by atoms with Crippen molar-refractivity contribution < 1.29 is 27.5 Å². The summed E-state index contributed by atoms with van der Waals surface area (Å²) in [5.41, 5.74) is 0.572. The van der Waals surface area contributed by atoms with Crippen LogP contribution in [0.5, 0.6) is 5.75 Å². The summed E-state index contributed by atoms with van der Waals surface area (Å²) in [4.78, 5) is 26.9. The molecule has 9 heteroatoms. The fourth-order valence-electron chi connectivity index (χ4n) is 3.47. The number of halogens is 3. The van der Waals surface area contributed by atoms with Crippen molar-refractivity contribution in [2.75, 3.05) is 18.4 Å². The Bertz CT molecular complexity index is 900. The largest absolute Gasteiger partial charge is 0.433 e. The summed E-state index contributed by atoms with van der Waals surface area (Å²) < 4.78 is 42.5. The molecule has 0 radical (unpaired) electrons. The zero-order valence-corrected chi connectivity index (χ0v) is 17.0. The maximum atomic E-state index is 13.0.